The monoisotopic (exact) mass is 427 g/mol. The van der Waals surface area contributed by atoms with Crippen molar-refractivity contribution in [2.24, 2.45) is 15.9 Å². The standard InChI is InChI=1S/C21H19ClFN5O2/c1-2-30-21(29)20-19(13-7-9-14(22)10-8-13)26-18(27-20)11-15(28-24)12-25-17-6-4-3-5-16(17)23/h3-10,12H,2,11,24H2,1H3,(H,26,27). The molecule has 3 aromatic rings. The molecule has 1 heterocycles. The maximum Gasteiger partial charge on any atom is 0.357 e. The Labute approximate surface area is 177 Å². The van der Waals surface area contributed by atoms with E-state index in [1.165, 1.54) is 18.3 Å². The van der Waals surface area contributed by atoms with Gasteiger partial charge in [-0.3, -0.25) is 4.99 Å². The van der Waals surface area contributed by atoms with Gasteiger partial charge in [0.2, 0.25) is 0 Å². The quantitative estimate of drug-likeness (QED) is 0.253. The zero-order valence-electron chi connectivity index (χ0n) is 16.1. The smallest absolute Gasteiger partial charge is 0.357 e. The number of carbonyl (C=O) groups excluding carboxylic acids is 1. The lowest BCUT2D eigenvalue weighted by Crippen LogP contribution is -2.10. The average Bonchev–Trinajstić information content (AvgIpc) is 3.17. The third kappa shape index (κ3) is 5.09. The molecule has 154 valence electrons. The van der Waals surface area contributed by atoms with Crippen LogP contribution in [-0.2, 0) is 11.2 Å². The molecule has 3 N–H and O–H groups in total. The fourth-order valence-electron chi connectivity index (χ4n) is 2.67. The number of aliphatic imine (C=N–C) groups is 1. The van der Waals surface area contributed by atoms with Gasteiger partial charge in [0.15, 0.2) is 5.69 Å². The van der Waals surface area contributed by atoms with Gasteiger partial charge in [-0.2, -0.15) is 5.10 Å². The average molecular weight is 428 g/mol. The Morgan fingerprint density at radius 1 is 1.27 bits per heavy atom. The highest BCUT2D eigenvalue weighted by Gasteiger charge is 2.20. The number of hydrogen-bond acceptors (Lipinski definition) is 6. The van der Waals surface area contributed by atoms with E-state index in [9.17, 15) is 9.18 Å². The second-order valence-electron chi connectivity index (χ2n) is 6.14. The third-order valence-corrected chi connectivity index (χ3v) is 4.32. The van der Waals surface area contributed by atoms with Crippen molar-refractivity contribution in [2.75, 3.05) is 6.61 Å². The highest BCUT2D eigenvalue weighted by Crippen LogP contribution is 2.24. The van der Waals surface area contributed by atoms with E-state index in [0.29, 0.717) is 27.8 Å². The first kappa shape index (κ1) is 21.2. The van der Waals surface area contributed by atoms with Crippen LogP contribution < -0.4 is 5.84 Å². The fraction of sp³-hybridized carbons (Fsp3) is 0.143. The summed E-state index contributed by atoms with van der Waals surface area (Å²) in [5.41, 5.74) is 1.81. The molecule has 0 radical (unpaired) electrons. The maximum absolute atomic E-state index is 13.7. The number of carbonyl (C=O) groups is 1. The van der Waals surface area contributed by atoms with E-state index in [4.69, 9.17) is 22.2 Å². The molecule has 3 rings (SSSR count). The minimum absolute atomic E-state index is 0.147. The Kier molecular flexibility index (Phi) is 6.92. The first-order chi connectivity index (χ1) is 14.5. The molecule has 2 aromatic carbocycles. The van der Waals surface area contributed by atoms with Crippen LogP contribution in [0.5, 0.6) is 0 Å². The Hall–Kier alpha value is -3.52. The van der Waals surface area contributed by atoms with Crippen LogP contribution in [0.4, 0.5) is 10.1 Å². The molecule has 0 aliphatic heterocycles. The van der Waals surface area contributed by atoms with E-state index in [2.05, 4.69) is 20.1 Å². The van der Waals surface area contributed by atoms with Crippen LogP contribution in [0.15, 0.2) is 58.6 Å². The van der Waals surface area contributed by atoms with E-state index >= 15 is 0 Å². The third-order valence-electron chi connectivity index (χ3n) is 4.07. The number of nitrogens with zero attached hydrogens (tertiary/aromatic N) is 3. The number of aromatic nitrogens is 2. The number of aromatic amines is 1. The lowest BCUT2D eigenvalue weighted by atomic mass is 10.1. The van der Waals surface area contributed by atoms with Crippen molar-refractivity contribution in [3.8, 4) is 11.3 Å². The van der Waals surface area contributed by atoms with E-state index in [1.54, 1.807) is 43.3 Å². The molecule has 0 atom stereocenters. The summed E-state index contributed by atoms with van der Waals surface area (Å²) in [6.07, 6.45) is 1.50. The topological polar surface area (TPSA) is 106 Å². The van der Waals surface area contributed by atoms with Gasteiger partial charge in [0, 0.05) is 10.6 Å². The molecule has 0 bridgehead atoms. The van der Waals surface area contributed by atoms with Crippen molar-refractivity contribution in [2.45, 2.75) is 13.3 Å². The molecule has 0 aliphatic rings. The number of rotatable bonds is 7. The number of hydrazone groups is 1. The highest BCUT2D eigenvalue weighted by molar-refractivity contribution is 6.31. The first-order valence-corrected chi connectivity index (χ1v) is 9.47. The SMILES string of the molecule is CCOC(=O)c1[nH]c(CC(C=Nc2ccccc2F)=NN)nc1-c1ccc(Cl)cc1. The second kappa shape index (κ2) is 9.80. The van der Waals surface area contributed by atoms with Crippen LogP contribution >= 0.6 is 11.6 Å². The Balaban J connectivity index is 1.89. The molecule has 0 amide bonds. The number of nitrogens with one attached hydrogen (secondary N) is 1. The molecule has 0 aliphatic carbocycles. The van der Waals surface area contributed by atoms with Gasteiger partial charge in [-0.05, 0) is 31.2 Å². The van der Waals surface area contributed by atoms with E-state index < -0.39 is 11.8 Å². The van der Waals surface area contributed by atoms with Crippen molar-refractivity contribution in [3.05, 3.63) is 70.9 Å². The Morgan fingerprint density at radius 2 is 2.00 bits per heavy atom. The van der Waals surface area contributed by atoms with Gasteiger partial charge in [0.05, 0.1) is 30.6 Å². The summed E-state index contributed by atoms with van der Waals surface area (Å²) >= 11 is 5.95. The van der Waals surface area contributed by atoms with Gasteiger partial charge in [0.1, 0.15) is 17.3 Å². The summed E-state index contributed by atoms with van der Waals surface area (Å²) in [4.78, 5) is 23.9. The molecule has 0 fully saturated rings. The van der Waals surface area contributed by atoms with Crippen LogP contribution in [0.25, 0.3) is 11.3 Å². The summed E-state index contributed by atoms with van der Waals surface area (Å²) in [5, 5.41) is 4.25. The van der Waals surface area contributed by atoms with Crippen LogP contribution in [0.2, 0.25) is 5.02 Å². The zero-order chi connectivity index (χ0) is 21.5. The van der Waals surface area contributed by atoms with Crippen molar-refractivity contribution in [3.63, 3.8) is 0 Å². The molecule has 0 saturated carbocycles. The van der Waals surface area contributed by atoms with Crippen molar-refractivity contribution >= 4 is 35.2 Å². The number of para-hydroxylation sites is 1. The van der Waals surface area contributed by atoms with Crippen LogP contribution in [0.3, 0.4) is 0 Å². The lowest BCUT2D eigenvalue weighted by molar-refractivity contribution is 0.0521. The molecule has 0 unspecified atom stereocenters. The maximum atomic E-state index is 13.7. The van der Waals surface area contributed by atoms with Crippen molar-refractivity contribution < 1.29 is 13.9 Å². The van der Waals surface area contributed by atoms with Crippen molar-refractivity contribution in [1.29, 1.82) is 0 Å². The van der Waals surface area contributed by atoms with Crippen LogP contribution in [-0.4, -0.2) is 34.5 Å². The summed E-state index contributed by atoms with van der Waals surface area (Å²) in [6.45, 7) is 1.94. The molecule has 0 saturated heterocycles. The number of esters is 1. The molecular weight excluding hydrogens is 409 g/mol. The summed E-state index contributed by atoms with van der Waals surface area (Å²) < 4.78 is 18.9. The predicted octanol–water partition coefficient (Wildman–Crippen LogP) is 4.31. The Bertz CT molecular complexity index is 1090. The summed E-state index contributed by atoms with van der Waals surface area (Å²) in [7, 11) is 0. The predicted molar refractivity (Wildman–Crippen MR) is 115 cm³/mol. The highest BCUT2D eigenvalue weighted by atomic mass is 35.5. The van der Waals surface area contributed by atoms with Crippen LogP contribution in [0.1, 0.15) is 23.2 Å². The largest absolute Gasteiger partial charge is 0.461 e. The number of ether oxygens (including phenoxy) is 1. The molecule has 30 heavy (non-hydrogen) atoms. The van der Waals surface area contributed by atoms with Gasteiger partial charge in [-0.15, -0.1) is 0 Å². The number of H-pyrrole nitrogens is 1. The molecule has 1 aromatic heterocycles. The van der Waals surface area contributed by atoms with E-state index in [0.717, 1.165) is 0 Å². The number of imidazole rings is 1. The van der Waals surface area contributed by atoms with Crippen LogP contribution in [0, 0.1) is 5.82 Å². The normalized spacial score (nSPS) is 11.8. The molecule has 0 spiro atoms. The zero-order valence-corrected chi connectivity index (χ0v) is 16.9. The second-order valence-corrected chi connectivity index (χ2v) is 6.58. The Morgan fingerprint density at radius 3 is 2.67 bits per heavy atom. The van der Waals surface area contributed by atoms with Gasteiger partial charge in [-0.1, -0.05) is 35.9 Å². The van der Waals surface area contributed by atoms with Crippen molar-refractivity contribution in [1.82, 2.24) is 9.97 Å². The number of hydrogen-bond donors (Lipinski definition) is 2. The number of halogens is 2. The molecular formula is C21H19ClFN5O2. The van der Waals surface area contributed by atoms with Gasteiger partial charge in [-0.25, -0.2) is 14.2 Å². The van der Waals surface area contributed by atoms with E-state index in [1.807, 2.05) is 0 Å². The van der Waals surface area contributed by atoms with Gasteiger partial charge >= 0.3 is 5.97 Å². The minimum atomic E-state index is -0.535. The fourth-order valence-corrected chi connectivity index (χ4v) is 2.80. The number of nitrogens with two attached hydrogens (primary N) is 1. The van der Waals surface area contributed by atoms with Gasteiger partial charge < -0.3 is 15.6 Å². The summed E-state index contributed by atoms with van der Waals surface area (Å²) in [6, 6.07) is 13.0. The summed E-state index contributed by atoms with van der Waals surface area (Å²) in [5.74, 6) is 4.89. The first-order valence-electron chi connectivity index (χ1n) is 9.09. The molecule has 7 nitrogen and oxygen atoms in total. The number of benzene rings is 2. The lowest BCUT2D eigenvalue weighted by Gasteiger charge is -2.02. The minimum Gasteiger partial charge on any atom is -0.461 e. The molecule has 9 heteroatoms. The van der Waals surface area contributed by atoms with E-state index in [-0.39, 0.29) is 24.4 Å². The van der Waals surface area contributed by atoms with Gasteiger partial charge in [0.25, 0.3) is 0 Å².